The van der Waals surface area contributed by atoms with Crippen LogP contribution in [0.3, 0.4) is 0 Å². The van der Waals surface area contributed by atoms with Crippen LogP contribution in [0.15, 0.2) is 30.3 Å². The van der Waals surface area contributed by atoms with Gasteiger partial charge in [-0.05, 0) is 61.3 Å². The fourth-order valence-electron chi connectivity index (χ4n) is 5.87. The quantitative estimate of drug-likeness (QED) is 0.921. The Balaban J connectivity index is 1.24. The summed E-state index contributed by atoms with van der Waals surface area (Å²) in [6.07, 6.45) is 6.49. The van der Waals surface area contributed by atoms with Crippen LogP contribution in [-0.2, 0) is 5.41 Å². The standard InChI is InChI=1S/C19H22N2/c20-11-19(14-4-2-1-3-5-14)9-15(10-19)21-18-16-12-6-7-13(8-12)17(16)18/h1-5,12-13,15-18,21H,6-10H2. The summed E-state index contributed by atoms with van der Waals surface area (Å²) in [4.78, 5) is 0. The van der Waals surface area contributed by atoms with Gasteiger partial charge in [-0.15, -0.1) is 0 Å². The predicted molar refractivity (Wildman–Crippen MR) is 81.5 cm³/mol. The molecule has 1 N–H and O–H groups in total. The van der Waals surface area contributed by atoms with Crippen LogP contribution in [-0.4, -0.2) is 12.1 Å². The first kappa shape index (κ1) is 12.2. The molecule has 0 aliphatic heterocycles. The van der Waals surface area contributed by atoms with Gasteiger partial charge in [0.15, 0.2) is 0 Å². The van der Waals surface area contributed by atoms with E-state index in [4.69, 9.17) is 0 Å². The summed E-state index contributed by atoms with van der Waals surface area (Å²) in [6, 6.07) is 14.3. The van der Waals surface area contributed by atoms with Crippen LogP contribution in [0.2, 0.25) is 0 Å². The Morgan fingerprint density at radius 3 is 2.33 bits per heavy atom. The Morgan fingerprint density at radius 1 is 1.05 bits per heavy atom. The Morgan fingerprint density at radius 2 is 1.71 bits per heavy atom. The summed E-state index contributed by atoms with van der Waals surface area (Å²) in [5.74, 6) is 4.06. The van der Waals surface area contributed by atoms with E-state index < -0.39 is 0 Å². The fourth-order valence-corrected chi connectivity index (χ4v) is 5.87. The average molecular weight is 278 g/mol. The summed E-state index contributed by atoms with van der Waals surface area (Å²) in [6.45, 7) is 0. The van der Waals surface area contributed by atoms with E-state index in [1.54, 1.807) is 0 Å². The van der Waals surface area contributed by atoms with Gasteiger partial charge in [0.1, 0.15) is 0 Å². The molecule has 0 saturated heterocycles. The van der Waals surface area contributed by atoms with Gasteiger partial charge in [-0.25, -0.2) is 0 Å². The molecule has 4 aliphatic rings. The Kier molecular flexibility index (Phi) is 2.39. The minimum atomic E-state index is -0.220. The van der Waals surface area contributed by atoms with Crippen LogP contribution in [0.5, 0.6) is 0 Å². The number of nitrogens with zero attached hydrogens (tertiary/aromatic N) is 1. The third-order valence-electron chi connectivity index (χ3n) is 6.89. The third kappa shape index (κ3) is 1.62. The Labute approximate surface area is 126 Å². The number of hydrogen-bond donors (Lipinski definition) is 1. The lowest BCUT2D eigenvalue weighted by molar-refractivity contribution is 0.215. The van der Waals surface area contributed by atoms with Crippen molar-refractivity contribution in [3.8, 4) is 6.07 Å². The summed E-state index contributed by atoms with van der Waals surface area (Å²) < 4.78 is 0. The van der Waals surface area contributed by atoms with Gasteiger partial charge in [0, 0.05) is 12.1 Å². The average Bonchev–Trinajstić information content (AvgIpc) is 2.87. The molecule has 2 heteroatoms. The predicted octanol–water partition coefficient (Wildman–Crippen LogP) is 3.24. The fraction of sp³-hybridized carbons (Fsp3) is 0.632. The van der Waals surface area contributed by atoms with Crippen molar-refractivity contribution in [2.75, 3.05) is 0 Å². The number of nitrogens with one attached hydrogen (secondary N) is 1. The molecule has 5 rings (SSSR count). The van der Waals surface area contributed by atoms with Crippen molar-refractivity contribution in [1.29, 1.82) is 5.26 Å². The molecule has 4 aliphatic carbocycles. The summed E-state index contributed by atoms with van der Waals surface area (Å²) in [5.41, 5.74) is 0.989. The van der Waals surface area contributed by atoms with E-state index in [1.165, 1.54) is 24.8 Å². The normalized spacial score (nSPS) is 49.3. The van der Waals surface area contributed by atoms with Crippen molar-refractivity contribution < 1.29 is 0 Å². The maximum atomic E-state index is 9.64. The molecule has 4 fully saturated rings. The molecule has 2 bridgehead atoms. The summed E-state index contributed by atoms with van der Waals surface area (Å²) in [5, 5.41) is 13.5. The lowest BCUT2D eigenvalue weighted by Crippen LogP contribution is -2.52. The molecule has 0 aromatic heterocycles. The van der Waals surface area contributed by atoms with E-state index in [0.29, 0.717) is 6.04 Å². The first-order chi connectivity index (χ1) is 10.3. The van der Waals surface area contributed by atoms with Gasteiger partial charge >= 0.3 is 0 Å². The largest absolute Gasteiger partial charge is 0.310 e. The van der Waals surface area contributed by atoms with E-state index in [-0.39, 0.29) is 5.41 Å². The van der Waals surface area contributed by atoms with Crippen molar-refractivity contribution in [3.05, 3.63) is 35.9 Å². The van der Waals surface area contributed by atoms with Gasteiger partial charge in [-0.3, -0.25) is 0 Å². The second-order valence-corrected chi connectivity index (χ2v) is 7.85. The van der Waals surface area contributed by atoms with Crippen molar-refractivity contribution in [2.24, 2.45) is 23.7 Å². The number of rotatable bonds is 3. The molecule has 21 heavy (non-hydrogen) atoms. The van der Waals surface area contributed by atoms with Gasteiger partial charge in [-0.2, -0.15) is 5.26 Å². The number of nitriles is 1. The molecular weight excluding hydrogens is 256 g/mol. The number of hydrogen-bond acceptors (Lipinski definition) is 2. The molecule has 4 atom stereocenters. The number of benzene rings is 1. The lowest BCUT2D eigenvalue weighted by atomic mass is 9.62. The molecule has 0 spiro atoms. The Hall–Kier alpha value is -1.33. The molecule has 108 valence electrons. The van der Waals surface area contributed by atoms with E-state index in [9.17, 15) is 5.26 Å². The number of fused-ring (bicyclic) bond motifs is 5. The van der Waals surface area contributed by atoms with Gasteiger partial charge in [0.2, 0.25) is 0 Å². The molecule has 2 nitrogen and oxygen atoms in total. The highest BCUT2D eigenvalue weighted by Gasteiger charge is 2.65. The molecule has 0 amide bonds. The van der Waals surface area contributed by atoms with Crippen molar-refractivity contribution in [2.45, 2.75) is 49.6 Å². The molecule has 4 unspecified atom stereocenters. The van der Waals surface area contributed by atoms with Crippen molar-refractivity contribution in [3.63, 3.8) is 0 Å². The zero-order valence-electron chi connectivity index (χ0n) is 12.3. The smallest absolute Gasteiger partial charge is 0.0852 e. The molecule has 0 heterocycles. The maximum absolute atomic E-state index is 9.64. The molecule has 1 aromatic rings. The second-order valence-electron chi connectivity index (χ2n) is 7.85. The topological polar surface area (TPSA) is 35.8 Å². The minimum absolute atomic E-state index is 0.220. The van der Waals surface area contributed by atoms with Gasteiger partial charge in [0.25, 0.3) is 0 Å². The summed E-state index contributed by atoms with van der Waals surface area (Å²) >= 11 is 0. The monoisotopic (exact) mass is 278 g/mol. The SMILES string of the molecule is N#CC1(c2ccccc2)CC(NC2C3C4CCC(C4)C23)C1. The summed E-state index contributed by atoms with van der Waals surface area (Å²) in [7, 11) is 0. The van der Waals surface area contributed by atoms with E-state index in [1.807, 2.05) is 6.07 Å². The van der Waals surface area contributed by atoms with Crippen LogP contribution in [0.1, 0.15) is 37.7 Å². The molecule has 1 aromatic carbocycles. The second kappa shape index (κ2) is 4.11. The molecule has 0 radical (unpaired) electrons. The van der Waals surface area contributed by atoms with Crippen molar-refractivity contribution in [1.82, 2.24) is 5.32 Å². The first-order valence-electron chi connectivity index (χ1n) is 8.53. The zero-order valence-corrected chi connectivity index (χ0v) is 12.3. The van der Waals surface area contributed by atoms with E-state index in [2.05, 4.69) is 35.7 Å². The Bertz CT molecular complexity index is 580. The third-order valence-corrected chi connectivity index (χ3v) is 6.89. The highest BCUT2D eigenvalue weighted by Crippen LogP contribution is 2.66. The van der Waals surface area contributed by atoms with Crippen LogP contribution >= 0.6 is 0 Å². The maximum Gasteiger partial charge on any atom is 0.0852 e. The lowest BCUT2D eigenvalue weighted by Gasteiger charge is -2.44. The highest BCUT2D eigenvalue weighted by atomic mass is 15.1. The van der Waals surface area contributed by atoms with Gasteiger partial charge in [-0.1, -0.05) is 30.3 Å². The van der Waals surface area contributed by atoms with Crippen molar-refractivity contribution >= 4 is 0 Å². The highest BCUT2D eigenvalue weighted by molar-refractivity contribution is 5.37. The molecular formula is C19H22N2. The van der Waals surface area contributed by atoms with Gasteiger partial charge < -0.3 is 5.32 Å². The van der Waals surface area contributed by atoms with Crippen LogP contribution in [0, 0.1) is 35.0 Å². The van der Waals surface area contributed by atoms with Crippen LogP contribution in [0.4, 0.5) is 0 Å². The molecule has 4 saturated carbocycles. The van der Waals surface area contributed by atoms with E-state index >= 15 is 0 Å². The van der Waals surface area contributed by atoms with E-state index in [0.717, 1.165) is 42.6 Å². The minimum Gasteiger partial charge on any atom is -0.310 e. The first-order valence-corrected chi connectivity index (χ1v) is 8.53. The van der Waals surface area contributed by atoms with Crippen LogP contribution in [0.25, 0.3) is 0 Å². The van der Waals surface area contributed by atoms with Gasteiger partial charge in [0.05, 0.1) is 11.5 Å². The zero-order chi connectivity index (χ0) is 14.0. The van der Waals surface area contributed by atoms with Crippen LogP contribution < -0.4 is 5.32 Å².